The van der Waals surface area contributed by atoms with Crippen molar-refractivity contribution in [2.24, 2.45) is 0 Å². The molecule has 6 heteroatoms. The van der Waals surface area contributed by atoms with E-state index in [0.717, 1.165) is 24.0 Å². The predicted molar refractivity (Wildman–Crippen MR) is 92.0 cm³/mol. The average molecular weight is 347 g/mol. The van der Waals surface area contributed by atoms with Crippen LogP contribution in [0.1, 0.15) is 24.0 Å². The van der Waals surface area contributed by atoms with Crippen LogP contribution in [0.15, 0.2) is 47.4 Å². The van der Waals surface area contributed by atoms with Crippen LogP contribution in [0.5, 0.6) is 11.5 Å². The number of methoxy groups -OCH3 is 2. The fourth-order valence-electron chi connectivity index (χ4n) is 2.88. The Bertz CT molecular complexity index is 857. The van der Waals surface area contributed by atoms with Gasteiger partial charge in [-0.3, -0.25) is 0 Å². The molecule has 1 saturated carbocycles. The maximum Gasteiger partial charge on any atom is 0.241 e. The molecule has 0 saturated heterocycles. The average Bonchev–Trinajstić information content (AvgIpc) is 3.34. The van der Waals surface area contributed by atoms with E-state index < -0.39 is 15.6 Å². The molecule has 1 aliphatic rings. The zero-order chi connectivity index (χ0) is 17.4. The molecule has 0 bridgehead atoms. The second-order valence-electron chi connectivity index (χ2n) is 6.02. The molecule has 0 radical (unpaired) electrons. The van der Waals surface area contributed by atoms with E-state index >= 15 is 0 Å². The lowest BCUT2D eigenvalue weighted by Crippen LogP contribution is -2.35. The van der Waals surface area contributed by atoms with Crippen LogP contribution >= 0.6 is 0 Å². The molecule has 0 spiro atoms. The van der Waals surface area contributed by atoms with Crippen LogP contribution in [0, 0.1) is 6.92 Å². The minimum absolute atomic E-state index is 0.316. The third-order valence-corrected chi connectivity index (χ3v) is 6.10. The van der Waals surface area contributed by atoms with Crippen molar-refractivity contribution in [1.82, 2.24) is 4.72 Å². The second kappa shape index (κ2) is 6.11. The highest BCUT2D eigenvalue weighted by Crippen LogP contribution is 2.48. The molecule has 3 rings (SSSR count). The molecule has 0 unspecified atom stereocenters. The van der Waals surface area contributed by atoms with Gasteiger partial charge in [-0.25, -0.2) is 13.1 Å². The Labute approximate surface area is 142 Å². The SMILES string of the molecule is COc1ccc(C2(NS(=O)(=O)c3ccccc3C)CC2)cc1OC. The van der Waals surface area contributed by atoms with Gasteiger partial charge >= 0.3 is 0 Å². The minimum Gasteiger partial charge on any atom is -0.493 e. The van der Waals surface area contributed by atoms with Gasteiger partial charge in [-0.05, 0) is 49.1 Å². The van der Waals surface area contributed by atoms with Gasteiger partial charge in [0.1, 0.15) is 0 Å². The Balaban J connectivity index is 1.94. The summed E-state index contributed by atoms with van der Waals surface area (Å²) in [6.45, 7) is 1.80. The largest absolute Gasteiger partial charge is 0.493 e. The summed E-state index contributed by atoms with van der Waals surface area (Å²) in [4.78, 5) is 0.316. The number of rotatable bonds is 6. The van der Waals surface area contributed by atoms with Crippen molar-refractivity contribution in [3.63, 3.8) is 0 Å². The summed E-state index contributed by atoms with van der Waals surface area (Å²) in [5.41, 5.74) is 1.05. The maximum absolute atomic E-state index is 12.8. The highest BCUT2D eigenvalue weighted by atomic mass is 32.2. The quantitative estimate of drug-likeness (QED) is 0.872. The Morgan fingerprint density at radius 3 is 2.25 bits per heavy atom. The first-order chi connectivity index (χ1) is 11.4. The number of nitrogens with one attached hydrogen (secondary N) is 1. The molecule has 0 amide bonds. The molecule has 0 aliphatic heterocycles. The predicted octanol–water partition coefficient (Wildman–Crippen LogP) is 2.98. The van der Waals surface area contributed by atoms with Gasteiger partial charge in [0.25, 0.3) is 0 Å². The molecule has 0 heterocycles. The van der Waals surface area contributed by atoms with Crippen molar-refractivity contribution in [2.45, 2.75) is 30.2 Å². The first-order valence-electron chi connectivity index (χ1n) is 7.74. The Kier molecular flexibility index (Phi) is 4.27. The van der Waals surface area contributed by atoms with E-state index in [1.54, 1.807) is 45.4 Å². The number of benzene rings is 2. The maximum atomic E-state index is 12.8. The first kappa shape index (κ1) is 16.8. The summed E-state index contributed by atoms with van der Waals surface area (Å²) < 4.78 is 39.0. The van der Waals surface area contributed by atoms with Gasteiger partial charge < -0.3 is 9.47 Å². The van der Waals surface area contributed by atoms with E-state index in [4.69, 9.17) is 9.47 Å². The molecule has 24 heavy (non-hydrogen) atoms. The lowest BCUT2D eigenvalue weighted by atomic mass is 10.1. The van der Waals surface area contributed by atoms with E-state index in [2.05, 4.69) is 4.72 Å². The van der Waals surface area contributed by atoms with Gasteiger partial charge in [0.15, 0.2) is 11.5 Å². The van der Waals surface area contributed by atoms with Crippen LogP contribution in [0.3, 0.4) is 0 Å². The van der Waals surface area contributed by atoms with Gasteiger partial charge in [-0.2, -0.15) is 0 Å². The van der Waals surface area contributed by atoms with Gasteiger partial charge in [-0.1, -0.05) is 24.3 Å². The third kappa shape index (κ3) is 2.99. The van der Waals surface area contributed by atoms with Gasteiger partial charge in [0.2, 0.25) is 10.0 Å². The Morgan fingerprint density at radius 1 is 1.00 bits per heavy atom. The van der Waals surface area contributed by atoms with Gasteiger partial charge in [-0.15, -0.1) is 0 Å². The highest BCUT2D eigenvalue weighted by molar-refractivity contribution is 7.89. The summed E-state index contributed by atoms with van der Waals surface area (Å²) in [6, 6.07) is 12.5. The van der Waals surface area contributed by atoms with Crippen molar-refractivity contribution in [2.75, 3.05) is 14.2 Å². The van der Waals surface area contributed by atoms with Gasteiger partial charge in [0.05, 0.1) is 24.7 Å². The summed E-state index contributed by atoms with van der Waals surface area (Å²) in [7, 11) is -0.449. The van der Waals surface area contributed by atoms with Gasteiger partial charge in [0, 0.05) is 0 Å². The van der Waals surface area contributed by atoms with E-state index in [-0.39, 0.29) is 0 Å². The van der Waals surface area contributed by atoms with Crippen LogP contribution < -0.4 is 14.2 Å². The fourth-order valence-corrected chi connectivity index (χ4v) is 4.57. The summed E-state index contributed by atoms with van der Waals surface area (Å²) in [5, 5.41) is 0. The van der Waals surface area contributed by atoms with Crippen molar-refractivity contribution < 1.29 is 17.9 Å². The lowest BCUT2D eigenvalue weighted by Gasteiger charge is -2.20. The van der Waals surface area contributed by atoms with Crippen molar-refractivity contribution in [3.05, 3.63) is 53.6 Å². The summed E-state index contributed by atoms with van der Waals surface area (Å²) in [6.07, 6.45) is 1.52. The van der Waals surface area contributed by atoms with Crippen molar-refractivity contribution >= 4 is 10.0 Å². The molecule has 128 valence electrons. The van der Waals surface area contributed by atoms with Crippen molar-refractivity contribution in [1.29, 1.82) is 0 Å². The normalized spacial score (nSPS) is 15.8. The van der Waals surface area contributed by atoms with Crippen LogP contribution in [0.4, 0.5) is 0 Å². The highest BCUT2D eigenvalue weighted by Gasteiger charge is 2.48. The molecule has 1 N–H and O–H groups in total. The van der Waals surface area contributed by atoms with Crippen LogP contribution in [0.25, 0.3) is 0 Å². The lowest BCUT2D eigenvalue weighted by molar-refractivity contribution is 0.354. The Morgan fingerprint density at radius 2 is 1.67 bits per heavy atom. The number of aryl methyl sites for hydroxylation is 1. The van der Waals surface area contributed by atoms with E-state index in [1.165, 1.54) is 0 Å². The molecule has 2 aromatic carbocycles. The second-order valence-corrected chi connectivity index (χ2v) is 7.67. The molecule has 2 aromatic rings. The van der Waals surface area contributed by atoms with Crippen molar-refractivity contribution in [3.8, 4) is 11.5 Å². The molecule has 1 fully saturated rings. The topological polar surface area (TPSA) is 64.6 Å². The Hall–Kier alpha value is -2.05. The standard InChI is InChI=1S/C18H21NO4S/c1-13-6-4-5-7-17(13)24(20,21)19-18(10-11-18)14-8-9-15(22-2)16(12-14)23-3/h4-9,12,19H,10-11H2,1-3H3. The zero-order valence-corrected chi connectivity index (χ0v) is 14.8. The molecule has 5 nitrogen and oxygen atoms in total. The van der Waals surface area contributed by atoms with Crippen LogP contribution in [0.2, 0.25) is 0 Å². The first-order valence-corrected chi connectivity index (χ1v) is 9.22. The summed E-state index contributed by atoms with van der Waals surface area (Å²) >= 11 is 0. The smallest absolute Gasteiger partial charge is 0.241 e. The zero-order valence-electron chi connectivity index (χ0n) is 14.0. The molecule has 0 atom stereocenters. The molecule has 0 aromatic heterocycles. The summed E-state index contributed by atoms with van der Waals surface area (Å²) in [5.74, 6) is 1.22. The van der Waals surface area contributed by atoms with Crippen LogP contribution in [-0.4, -0.2) is 22.6 Å². The molecule has 1 aliphatic carbocycles. The number of hydrogen-bond acceptors (Lipinski definition) is 4. The minimum atomic E-state index is -3.59. The van der Waals surface area contributed by atoms with Crippen LogP contribution in [-0.2, 0) is 15.6 Å². The monoisotopic (exact) mass is 347 g/mol. The third-order valence-electron chi connectivity index (χ3n) is 4.40. The van der Waals surface area contributed by atoms with E-state index in [1.807, 2.05) is 18.2 Å². The fraction of sp³-hybridized carbons (Fsp3) is 0.333. The van der Waals surface area contributed by atoms with E-state index in [9.17, 15) is 8.42 Å². The van der Waals surface area contributed by atoms with E-state index in [0.29, 0.717) is 16.4 Å². The molecular formula is C18H21NO4S. The number of ether oxygens (including phenoxy) is 2. The molecular weight excluding hydrogens is 326 g/mol. The number of hydrogen-bond donors (Lipinski definition) is 1. The number of sulfonamides is 1.